The highest BCUT2D eigenvalue weighted by Gasteiger charge is 2.42. The number of nitrogens with one attached hydrogen (secondary N) is 1. The van der Waals surface area contributed by atoms with E-state index in [1.807, 2.05) is 24.3 Å². The van der Waals surface area contributed by atoms with Crippen LogP contribution in [-0.4, -0.2) is 17.7 Å². The Bertz CT molecular complexity index is 504. The maximum Gasteiger partial charge on any atom is 0.230 e. The number of carbonyl (C=O) groups excluding carboxylic acids is 1. The van der Waals surface area contributed by atoms with Gasteiger partial charge in [-0.1, -0.05) is 22.4 Å². The van der Waals surface area contributed by atoms with Gasteiger partial charge in [-0.2, -0.15) is 0 Å². The Kier molecular flexibility index (Phi) is 4.95. The first kappa shape index (κ1) is 15.4. The zero-order valence-electron chi connectivity index (χ0n) is 12.3. The fraction of sp³-hybridized carbons (Fsp3) is 0.588. The Morgan fingerprint density at radius 3 is 2.71 bits per heavy atom. The molecule has 0 saturated heterocycles. The highest BCUT2D eigenvalue weighted by Crippen LogP contribution is 2.49. The van der Waals surface area contributed by atoms with Crippen molar-refractivity contribution >= 4 is 33.6 Å². The van der Waals surface area contributed by atoms with Crippen molar-refractivity contribution < 1.29 is 4.79 Å². The van der Waals surface area contributed by atoms with Crippen LogP contribution in [0.25, 0.3) is 0 Å². The highest BCUT2D eigenvalue weighted by molar-refractivity contribution is 9.10. The molecule has 114 valence electrons. The normalized spacial score (nSPS) is 28.6. The molecule has 3 rings (SSSR count). The van der Waals surface area contributed by atoms with Crippen LogP contribution >= 0.6 is 27.7 Å². The van der Waals surface area contributed by atoms with Crippen molar-refractivity contribution in [1.29, 1.82) is 0 Å². The maximum absolute atomic E-state index is 12.1. The van der Waals surface area contributed by atoms with Gasteiger partial charge in [0.1, 0.15) is 0 Å². The zero-order chi connectivity index (χ0) is 14.8. The molecule has 1 aromatic rings. The molecule has 1 amide bonds. The Morgan fingerprint density at radius 1 is 1.33 bits per heavy atom. The molecule has 4 heteroatoms. The smallest absolute Gasteiger partial charge is 0.230 e. The van der Waals surface area contributed by atoms with E-state index < -0.39 is 0 Å². The average Bonchev–Trinajstić information content (AvgIpc) is 3.09. The van der Waals surface area contributed by atoms with Crippen LogP contribution in [-0.2, 0) is 4.79 Å². The molecule has 2 aliphatic rings. The van der Waals surface area contributed by atoms with Crippen LogP contribution in [0.1, 0.15) is 32.6 Å². The molecule has 1 N–H and O–H groups in total. The summed E-state index contributed by atoms with van der Waals surface area (Å²) in [6.45, 7) is 2.19. The molecule has 1 aromatic carbocycles. The number of hydrogen-bond acceptors (Lipinski definition) is 2. The van der Waals surface area contributed by atoms with Gasteiger partial charge in [-0.3, -0.25) is 4.79 Å². The number of thioether (sulfide) groups is 1. The van der Waals surface area contributed by atoms with Crippen LogP contribution in [0.4, 0.5) is 0 Å². The summed E-state index contributed by atoms with van der Waals surface area (Å²) in [6.07, 6.45) is 5.52. The zero-order valence-corrected chi connectivity index (χ0v) is 14.8. The fourth-order valence-electron chi connectivity index (χ4n) is 3.99. The molecule has 0 spiro atoms. The summed E-state index contributed by atoms with van der Waals surface area (Å²) in [7, 11) is 0. The topological polar surface area (TPSA) is 29.1 Å². The van der Waals surface area contributed by atoms with Crippen molar-refractivity contribution in [1.82, 2.24) is 5.32 Å². The summed E-state index contributed by atoms with van der Waals surface area (Å²) in [4.78, 5) is 13.3. The lowest BCUT2D eigenvalue weighted by atomic mass is 9.84. The van der Waals surface area contributed by atoms with Crippen molar-refractivity contribution in [3.8, 4) is 0 Å². The Labute approximate surface area is 139 Å². The van der Waals surface area contributed by atoms with Gasteiger partial charge in [0.25, 0.3) is 0 Å². The van der Waals surface area contributed by atoms with Gasteiger partial charge in [-0.25, -0.2) is 0 Å². The molecular formula is C17H22BrNOS. The van der Waals surface area contributed by atoms with E-state index in [0.717, 1.165) is 21.2 Å². The molecule has 0 radical (unpaired) electrons. The molecule has 0 aliphatic heterocycles. The fourth-order valence-corrected chi connectivity index (χ4v) is 4.96. The molecule has 4 atom stereocenters. The van der Waals surface area contributed by atoms with E-state index in [2.05, 4.69) is 28.2 Å². The second-order valence-electron chi connectivity index (χ2n) is 6.44. The number of rotatable bonds is 5. The molecule has 0 heterocycles. The van der Waals surface area contributed by atoms with Gasteiger partial charge in [0.2, 0.25) is 5.91 Å². The molecule has 21 heavy (non-hydrogen) atoms. The van der Waals surface area contributed by atoms with Crippen LogP contribution < -0.4 is 5.32 Å². The Morgan fingerprint density at radius 2 is 2.10 bits per heavy atom. The number of benzene rings is 1. The van der Waals surface area contributed by atoms with Crippen molar-refractivity contribution in [2.45, 2.75) is 43.5 Å². The monoisotopic (exact) mass is 367 g/mol. The van der Waals surface area contributed by atoms with Crippen molar-refractivity contribution in [3.05, 3.63) is 28.7 Å². The quantitative estimate of drug-likeness (QED) is 0.777. The highest BCUT2D eigenvalue weighted by atomic mass is 79.9. The molecule has 2 saturated carbocycles. The Hall–Kier alpha value is -0.480. The van der Waals surface area contributed by atoms with Gasteiger partial charge < -0.3 is 5.32 Å². The van der Waals surface area contributed by atoms with Crippen molar-refractivity contribution in [3.63, 3.8) is 0 Å². The minimum Gasteiger partial charge on any atom is -0.353 e. The lowest BCUT2D eigenvalue weighted by Crippen LogP contribution is -2.40. The number of fused-ring (bicyclic) bond motifs is 2. The first-order valence-corrected chi connectivity index (χ1v) is 9.57. The number of amides is 1. The lowest BCUT2D eigenvalue weighted by Gasteiger charge is -2.28. The van der Waals surface area contributed by atoms with Crippen molar-refractivity contribution in [2.24, 2.45) is 17.8 Å². The second kappa shape index (κ2) is 6.74. The first-order chi connectivity index (χ1) is 10.1. The minimum atomic E-state index is 0.165. The predicted octanol–water partition coefficient (Wildman–Crippen LogP) is 4.48. The van der Waals surface area contributed by atoms with Gasteiger partial charge in [0, 0.05) is 15.4 Å². The van der Waals surface area contributed by atoms with E-state index in [9.17, 15) is 4.79 Å². The summed E-state index contributed by atoms with van der Waals surface area (Å²) in [5.41, 5.74) is 0. The number of carbonyl (C=O) groups is 1. The molecule has 0 unspecified atom stereocenters. The number of halogens is 1. The summed E-state index contributed by atoms with van der Waals surface area (Å²) in [5.74, 6) is 3.19. The van der Waals surface area contributed by atoms with Crippen LogP contribution in [0.2, 0.25) is 0 Å². The maximum atomic E-state index is 12.1. The average molecular weight is 368 g/mol. The lowest BCUT2D eigenvalue weighted by molar-refractivity contribution is -0.119. The van der Waals surface area contributed by atoms with Gasteiger partial charge in [0.15, 0.2) is 0 Å². The first-order valence-electron chi connectivity index (χ1n) is 7.79. The summed E-state index contributed by atoms with van der Waals surface area (Å²) < 4.78 is 1.07. The third-order valence-corrected chi connectivity index (χ3v) is 6.55. The third kappa shape index (κ3) is 3.84. The van der Waals surface area contributed by atoms with E-state index in [1.165, 1.54) is 25.7 Å². The number of hydrogen-bond donors (Lipinski definition) is 1. The molecule has 2 fully saturated rings. The standard InChI is InChI=1S/C17H22BrNOS/c1-11(16-9-12-2-3-13(16)8-12)19-17(20)10-21-15-6-4-14(18)5-7-15/h4-7,11-13,16H,2-3,8-10H2,1H3,(H,19,20)/t11-,12-,13-,16-/m0/s1. The molecule has 2 nitrogen and oxygen atoms in total. The second-order valence-corrected chi connectivity index (χ2v) is 8.40. The predicted molar refractivity (Wildman–Crippen MR) is 91.4 cm³/mol. The minimum absolute atomic E-state index is 0.165. The van der Waals surface area contributed by atoms with Gasteiger partial charge >= 0.3 is 0 Å². The van der Waals surface area contributed by atoms with Gasteiger partial charge in [0.05, 0.1) is 5.75 Å². The largest absolute Gasteiger partial charge is 0.353 e. The molecule has 2 aliphatic carbocycles. The van der Waals surface area contributed by atoms with E-state index >= 15 is 0 Å². The molecular weight excluding hydrogens is 346 g/mol. The summed E-state index contributed by atoms with van der Waals surface area (Å²) in [6, 6.07) is 8.44. The van der Waals surface area contributed by atoms with Crippen molar-refractivity contribution in [2.75, 3.05) is 5.75 Å². The van der Waals surface area contributed by atoms with E-state index in [0.29, 0.717) is 17.7 Å². The van der Waals surface area contributed by atoms with Gasteiger partial charge in [-0.15, -0.1) is 11.8 Å². The van der Waals surface area contributed by atoms with Crippen LogP contribution in [0.15, 0.2) is 33.6 Å². The molecule has 2 bridgehead atoms. The van der Waals surface area contributed by atoms with Crippen LogP contribution in [0.3, 0.4) is 0 Å². The summed E-state index contributed by atoms with van der Waals surface area (Å²) in [5, 5.41) is 3.22. The molecule has 0 aromatic heterocycles. The van der Waals surface area contributed by atoms with Gasteiger partial charge in [-0.05, 0) is 68.2 Å². The van der Waals surface area contributed by atoms with Crippen LogP contribution in [0.5, 0.6) is 0 Å². The van der Waals surface area contributed by atoms with E-state index in [-0.39, 0.29) is 5.91 Å². The Balaban J connectivity index is 1.44. The van der Waals surface area contributed by atoms with E-state index in [4.69, 9.17) is 0 Å². The third-order valence-electron chi connectivity index (χ3n) is 5.01. The SMILES string of the molecule is C[C@H](NC(=O)CSc1ccc(Br)cc1)[C@@H]1C[C@H]2CC[C@H]1C2. The van der Waals surface area contributed by atoms with Crippen LogP contribution in [0, 0.1) is 17.8 Å². The van der Waals surface area contributed by atoms with E-state index in [1.54, 1.807) is 11.8 Å². The summed E-state index contributed by atoms with van der Waals surface area (Å²) >= 11 is 5.03.